The zero-order valence-electron chi connectivity index (χ0n) is 20.6. The van der Waals surface area contributed by atoms with Crippen LogP contribution in [0.1, 0.15) is 15.9 Å². The van der Waals surface area contributed by atoms with Gasteiger partial charge in [0, 0.05) is 76.2 Å². The summed E-state index contributed by atoms with van der Waals surface area (Å²) in [4.78, 5) is 32.7. The van der Waals surface area contributed by atoms with Crippen molar-refractivity contribution in [2.45, 2.75) is 6.54 Å². The Hall–Kier alpha value is -3.98. The molecule has 0 aliphatic carbocycles. The van der Waals surface area contributed by atoms with Crippen molar-refractivity contribution in [3.8, 4) is 0 Å². The molecule has 0 saturated carbocycles. The first-order valence-corrected chi connectivity index (χ1v) is 12.6. The van der Waals surface area contributed by atoms with Crippen LogP contribution >= 0.6 is 0 Å². The van der Waals surface area contributed by atoms with Crippen LogP contribution in [-0.4, -0.2) is 73.0 Å². The summed E-state index contributed by atoms with van der Waals surface area (Å²) in [5, 5.41) is 11.8. The maximum absolute atomic E-state index is 13.2. The predicted octanol–water partition coefficient (Wildman–Crippen LogP) is 4.02. The summed E-state index contributed by atoms with van der Waals surface area (Å²) in [5.74, 6) is -0.481. The van der Waals surface area contributed by atoms with Crippen LogP contribution in [0.2, 0.25) is 0 Å². The Bertz CT molecular complexity index is 1240. The Kier molecular flexibility index (Phi) is 7.32. The molecule has 3 aromatic rings. The van der Waals surface area contributed by atoms with Gasteiger partial charge in [-0.15, -0.1) is 0 Å². The molecule has 3 aromatic carbocycles. The quantitative estimate of drug-likeness (QED) is 0.374. The van der Waals surface area contributed by atoms with Crippen molar-refractivity contribution in [1.29, 1.82) is 0 Å². The van der Waals surface area contributed by atoms with Crippen LogP contribution in [0.15, 0.2) is 72.8 Å². The van der Waals surface area contributed by atoms with Gasteiger partial charge in [-0.3, -0.25) is 19.8 Å². The van der Waals surface area contributed by atoms with Crippen LogP contribution in [0.4, 0.5) is 21.5 Å². The maximum Gasteiger partial charge on any atom is 0.292 e. The lowest BCUT2D eigenvalue weighted by molar-refractivity contribution is -0.384. The van der Waals surface area contributed by atoms with E-state index in [-0.39, 0.29) is 22.3 Å². The molecule has 0 N–H and O–H groups in total. The largest absolute Gasteiger partial charge is 0.368 e. The first-order valence-electron chi connectivity index (χ1n) is 12.6. The topological polar surface area (TPSA) is 73.2 Å². The Labute approximate surface area is 215 Å². The lowest BCUT2D eigenvalue weighted by atomic mass is 10.1. The van der Waals surface area contributed by atoms with Crippen molar-refractivity contribution in [2.75, 3.05) is 62.2 Å². The minimum Gasteiger partial charge on any atom is -0.368 e. The number of anilines is 2. The second kappa shape index (κ2) is 11.0. The third kappa shape index (κ3) is 5.72. The predicted molar refractivity (Wildman–Crippen MR) is 142 cm³/mol. The molecule has 2 saturated heterocycles. The Morgan fingerprint density at radius 2 is 1.46 bits per heavy atom. The third-order valence-corrected chi connectivity index (χ3v) is 7.14. The summed E-state index contributed by atoms with van der Waals surface area (Å²) in [6, 6.07) is 21.2. The van der Waals surface area contributed by atoms with Crippen molar-refractivity contribution in [1.82, 2.24) is 9.80 Å². The highest BCUT2D eigenvalue weighted by molar-refractivity contribution is 5.94. The zero-order valence-corrected chi connectivity index (χ0v) is 20.6. The first kappa shape index (κ1) is 24.7. The molecular weight excluding hydrogens is 473 g/mol. The van der Waals surface area contributed by atoms with Crippen molar-refractivity contribution >= 4 is 23.0 Å². The lowest BCUT2D eigenvalue weighted by Crippen LogP contribution is -2.49. The summed E-state index contributed by atoms with van der Waals surface area (Å²) >= 11 is 0. The van der Waals surface area contributed by atoms with E-state index < -0.39 is 0 Å². The van der Waals surface area contributed by atoms with Gasteiger partial charge in [0.15, 0.2) is 0 Å². The minimum atomic E-state index is -0.368. The molecule has 192 valence electrons. The number of piperazine rings is 2. The fourth-order valence-corrected chi connectivity index (χ4v) is 5.05. The van der Waals surface area contributed by atoms with E-state index in [1.807, 2.05) is 24.3 Å². The molecule has 5 rings (SSSR count). The molecule has 1 amide bonds. The average molecular weight is 504 g/mol. The van der Waals surface area contributed by atoms with Crippen LogP contribution in [0.3, 0.4) is 0 Å². The molecule has 0 unspecified atom stereocenters. The average Bonchev–Trinajstić information content (AvgIpc) is 2.94. The van der Waals surface area contributed by atoms with Crippen LogP contribution in [0, 0.1) is 15.9 Å². The molecule has 9 heteroatoms. The van der Waals surface area contributed by atoms with E-state index >= 15 is 0 Å². The summed E-state index contributed by atoms with van der Waals surface area (Å²) in [5.41, 5.74) is 3.41. The molecule has 0 spiro atoms. The molecule has 2 fully saturated rings. The van der Waals surface area contributed by atoms with E-state index in [0.29, 0.717) is 37.4 Å². The SMILES string of the molecule is O=C(c1ccc(F)cc1)N1CCN(c2ccc([N+](=O)[O-])c(N3CCN(Cc4ccccc4)CC3)c2)CC1. The maximum atomic E-state index is 13.2. The van der Waals surface area contributed by atoms with Gasteiger partial charge in [0.05, 0.1) is 4.92 Å². The van der Waals surface area contributed by atoms with Gasteiger partial charge in [-0.1, -0.05) is 30.3 Å². The van der Waals surface area contributed by atoms with E-state index in [1.54, 1.807) is 17.0 Å². The number of halogens is 1. The second-order valence-corrected chi connectivity index (χ2v) is 9.47. The lowest BCUT2D eigenvalue weighted by Gasteiger charge is -2.38. The summed E-state index contributed by atoms with van der Waals surface area (Å²) in [7, 11) is 0. The highest BCUT2D eigenvalue weighted by atomic mass is 19.1. The second-order valence-electron chi connectivity index (χ2n) is 9.47. The van der Waals surface area contributed by atoms with Gasteiger partial charge < -0.3 is 14.7 Å². The van der Waals surface area contributed by atoms with Gasteiger partial charge in [-0.2, -0.15) is 0 Å². The third-order valence-electron chi connectivity index (χ3n) is 7.14. The monoisotopic (exact) mass is 503 g/mol. The smallest absolute Gasteiger partial charge is 0.292 e. The summed E-state index contributed by atoms with van der Waals surface area (Å²) in [6.07, 6.45) is 0. The molecule has 0 aromatic heterocycles. The fourth-order valence-electron chi connectivity index (χ4n) is 5.05. The normalized spacial score (nSPS) is 16.6. The number of hydrogen-bond acceptors (Lipinski definition) is 6. The van der Waals surface area contributed by atoms with Gasteiger partial charge >= 0.3 is 0 Å². The van der Waals surface area contributed by atoms with E-state index in [0.717, 1.165) is 38.4 Å². The number of nitro benzene ring substituents is 1. The number of nitrogens with zero attached hydrogens (tertiary/aromatic N) is 5. The number of rotatable bonds is 6. The number of benzene rings is 3. The molecule has 0 radical (unpaired) electrons. The van der Waals surface area contributed by atoms with E-state index in [2.05, 4.69) is 26.8 Å². The summed E-state index contributed by atoms with van der Waals surface area (Å²) in [6.45, 7) is 6.28. The molecule has 0 bridgehead atoms. The van der Waals surface area contributed by atoms with Crippen LogP contribution in [0.5, 0.6) is 0 Å². The van der Waals surface area contributed by atoms with Crippen molar-refractivity contribution in [3.05, 3.63) is 99.9 Å². The molecule has 2 aliphatic heterocycles. The zero-order chi connectivity index (χ0) is 25.8. The van der Waals surface area contributed by atoms with Gasteiger partial charge in [0.25, 0.3) is 11.6 Å². The minimum absolute atomic E-state index is 0.114. The highest BCUT2D eigenvalue weighted by Crippen LogP contribution is 2.34. The number of amides is 1. The van der Waals surface area contributed by atoms with E-state index in [4.69, 9.17) is 0 Å². The van der Waals surface area contributed by atoms with Crippen molar-refractivity contribution in [2.24, 2.45) is 0 Å². The van der Waals surface area contributed by atoms with Gasteiger partial charge in [0.1, 0.15) is 11.5 Å². The van der Waals surface area contributed by atoms with E-state index in [9.17, 15) is 19.3 Å². The fraction of sp³-hybridized carbons (Fsp3) is 0.321. The molecule has 8 nitrogen and oxygen atoms in total. The Morgan fingerprint density at radius 1 is 0.811 bits per heavy atom. The number of hydrogen-bond donors (Lipinski definition) is 0. The highest BCUT2D eigenvalue weighted by Gasteiger charge is 2.27. The van der Waals surface area contributed by atoms with E-state index in [1.165, 1.54) is 29.8 Å². The number of carbonyl (C=O) groups is 1. The van der Waals surface area contributed by atoms with Crippen LogP contribution in [0.25, 0.3) is 0 Å². The van der Waals surface area contributed by atoms with Crippen molar-refractivity contribution < 1.29 is 14.1 Å². The summed E-state index contributed by atoms with van der Waals surface area (Å²) < 4.78 is 13.2. The molecular formula is C28H30FN5O3. The van der Waals surface area contributed by atoms with Gasteiger partial charge in [0.2, 0.25) is 0 Å². The molecule has 0 atom stereocenters. The Morgan fingerprint density at radius 3 is 2.11 bits per heavy atom. The number of carbonyl (C=O) groups excluding carboxylic acids is 1. The molecule has 2 heterocycles. The van der Waals surface area contributed by atoms with Gasteiger partial charge in [-0.25, -0.2) is 4.39 Å². The number of nitro groups is 1. The van der Waals surface area contributed by atoms with Crippen LogP contribution in [-0.2, 0) is 6.54 Å². The van der Waals surface area contributed by atoms with Gasteiger partial charge in [-0.05, 0) is 42.0 Å². The van der Waals surface area contributed by atoms with Crippen molar-refractivity contribution in [3.63, 3.8) is 0 Å². The van der Waals surface area contributed by atoms with Crippen LogP contribution < -0.4 is 9.80 Å². The Balaban J connectivity index is 1.24. The first-order chi connectivity index (χ1) is 18.0. The molecule has 37 heavy (non-hydrogen) atoms. The molecule has 2 aliphatic rings. The standard InChI is InChI=1S/C28H30FN5O3/c29-24-8-6-23(7-9-24)28(35)33-18-16-31(17-19-33)25-10-11-26(34(36)37)27(20-25)32-14-12-30(13-15-32)21-22-4-2-1-3-5-22/h1-11,20H,12-19,21H2.